The van der Waals surface area contributed by atoms with Crippen LogP contribution >= 0.6 is 0 Å². The van der Waals surface area contributed by atoms with Gasteiger partial charge in [0.1, 0.15) is 6.10 Å². The van der Waals surface area contributed by atoms with Gasteiger partial charge >= 0.3 is 0 Å². The lowest BCUT2D eigenvalue weighted by Gasteiger charge is -2.43. The van der Waals surface area contributed by atoms with Crippen LogP contribution in [-0.4, -0.2) is 79.9 Å². The standard InChI is InChI=1S/C22H32N2O6/c1-4-20(26)23-9-7-15(8-10-23)22(27)24-11-12-30-19(14-25)21(24)16-5-6-17(28-2)18(13-16)29-3/h5-6,13,15,19,21,25H,4,7-12,14H2,1-3H3. The van der Waals surface area contributed by atoms with Crippen LogP contribution in [0.15, 0.2) is 18.2 Å². The van der Waals surface area contributed by atoms with Gasteiger partial charge in [-0.3, -0.25) is 9.59 Å². The van der Waals surface area contributed by atoms with Crippen LogP contribution < -0.4 is 9.47 Å². The third-order valence-corrected chi connectivity index (χ3v) is 6.06. The number of hydrogen-bond acceptors (Lipinski definition) is 6. The number of aliphatic hydroxyl groups excluding tert-OH is 1. The van der Waals surface area contributed by atoms with E-state index in [4.69, 9.17) is 14.2 Å². The Morgan fingerprint density at radius 3 is 2.43 bits per heavy atom. The summed E-state index contributed by atoms with van der Waals surface area (Å²) in [5.41, 5.74) is 0.832. The minimum atomic E-state index is -0.512. The molecule has 8 nitrogen and oxygen atoms in total. The molecule has 2 saturated heterocycles. The number of methoxy groups -OCH3 is 2. The summed E-state index contributed by atoms with van der Waals surface area (Å²) in [6.45, 7) is 3.73. The van der Waals surface area contributed by atoms with Gasteiger partial charge < -0.3 is 29.1 Å². The fourth-order valence-electron chi connectivity index (χ4n) is 4.40. The van der Waals surface area contributed by atoms with Crippen LogP contribution in [0.5, 0.6) is 11.5 Å². The molecule has 1 aromatic carbocycles. The minimum Gasteiger partial charge on any atom is -0.493 e. The second kappa shape index (κ2) is 10.1. The van der Waals surface area contributed by atoms with Crippen LogP contribution in [-0.2, 0) is 14.3 Å². The van der Waals surface area contributed by atoms with E-state index < -0.39 is 12.1 Å². The highest BCUT2D eigenvalue weighted by atomic mass is 16.5. The monoisotopic (exact) mass is 420 g/mol. The number of aliphatic hydroxyl groups is 1. The number of ether oxygens (including phenoxy) is 3. The summed E-state index contributed by atoms with van der Waals surface area (Å²) in [7, 11) is 3.14. The molecule has 2 fully saturated rings. The Labute approximate surface area is 177 Å². The summed E-state index contributed by atoms with van der Waals surface area (Å²) in [4.78, 5) is 29.1. The number of hydrogen-bond donors (Lipinski definition) is 1. The molecule has 2 amide bonds. The van der Waals surface area contributed by atoms with Gasteiger partial charge in [-0.25, -0.2) is 0 Å². The second-order valence-corrected chi connectivity index (χ2v) is 7.69. The zero-order valence-electron chi connectivity index (χ0n) is 18.0. The van der Waals surface area contributed by atoms with Crippen molar-refractivity contribution in [2.45, 2.75) is 38.3 Å². The Morgan fingerprint density at radius 2 is 1.83 bits per heavy atom. The number of benzene rings is 1. The molecule has 3 rings (SSSR count). The number of carbonyl (C=O) groups is 2. The Hall–Kier alpha value is -2.32. The van der Waals surface area contributed by atoms with E-state index in [1.165, 1.54) is 0 Å². The first kappa shape index (κ1) is 22.4. The molecule has 0 aromatic heterocycles. The fraction of sp³-hybridized carbons (Fsp3) is 0.636. The van der Waals surface area contributed by atoms with E-state index in [1.807, 2.05) is 28.9 Å². The first-order valence-electron chi connectivity index (χ1n) is 10.6. The summed E-state index contributed by atoms with van der Waals surface area (Å²) in [5.74, 6) is 1.22. The predicted molar refractivity (Wildman–Crippen MR) is 110 cm³/mol. The first-order valence-corrected chi connectivity index (χ1v) is 10.6. The van der Waals surface area contributed by atoms with Gasteiger partial charge in [0.25, 0.3) is 0 Å². The number of nitrogens with zero attached hydrogens (tertiary/aromatic N) is 2. The summed E-state index contributed by atoms with van der Waals surface area (Å²) < 4.78 is 16.5. The number of morpholine rings is 1. The van der Waals surface area contributed by atoms with Crippen molar-refractivity contribution in [1.82, 2.24) is 9.80 Å². The molecular formula is C22H32N2O6. The van der Waals surface area contributed by atoms with E-state index in [0.29, 0.717) is 57.0 Å². The second-order valence-electron chi connectivity index (χ2n) is 7.69. The molecule has 2 aliphatic rings. The Morgan fingerprint density at radius 1 is 1.13 bits per heavy atom. The van der Waals surface area contributed by atoms with Crippen molar-refractivity contribution in [2.24, 2.45) is 5.92 Å². The molecule has 2 unspecified atom stereocenters. The van der Waals surface area contributed by atoms with Crippen molar-refractivity contribution in [1.29, 1.82) is 0 Å². The van der Waals surface area contributed by atoms with E-state index in [0.717, 1.165) is 5.56 Å². The van der Waals surface area contributed by atoms with E-state index in [-0.39, 0.29) is 24.3 Å². The summed E-state index contributed by atoms with van der Waals surface area (Å²) >= 11 is 0. The van der Waals surface area contributed by atoms with Crippen molar-refractivity contribution in [3.8, 4) is 11.5 Å². The highest BCUT2D eigenvalue weighted by Gasteiger charge is 2.39. The Kier molecular flexibility index (Phi) is 7.55. The molecule has 2 atom stereocenters. The quantitative estimate of drug-likeness (QED) is 0.752. The molecule has 1 aromatic rings. The van der Waals surface area contributed by atoms with E-state index in [9.17, 15) is 14.7 Å². The molecule has 0 spiro atoms. The van der Waals surface area contributed by atoms with Gasteiger partial charge in [0.2, 0.25) is 11.8 Å². The number of piperidine rings is 1. The average molecular weight is 421 g/mol. The summed E-state index contributed by atoms with van der Waals surface area (Å²) in [6.07, 6.45) is 1.29. The van der Waals surface area contributed by atoms with Crippen LogP contribution in [0, 0.1) is 5.92 Å². The normalized spacial score (nSPS) is 22.7. The highest BCUT2D eigenvalue weighted by molar-refractivity contribution is 5.81. The largest absolute Gasteiger partial charge is 0.493 e. The molecule has 30 heavy (non-hydrogen) atoms. The molecule has 0 saturated carbocycles. The smallest absolute Gasteiger partial charge is 0.226 e. The van der Waals surface area contributed by atoms with Crippen LogP contribution in [0.4, 0.5) is 0 Å². The van der Waals surface area contributed by atoms with E-state index in [2.05, 4.69) is 0 Å². The summed E-state index contributed by atoms with van der Waals surface area (Å²) in [5, 5.41) is 9.92. The maximum atomic E-state index is 13.5. The van der Waals surface area contributed by atoms with Crippen LogP contribution in [0.1, 0.15) is 37.8 Å². The topological polar surface area (TPSA) is 88.5 Å². The molecule has 166 valence electrons. The van der Waals surface area contributed by atoms with Gasteiger partial charge in [0.05, 0.1) is 33.5 Å². The molecule has 2 heterocycles. The lowest BCUT2D eigenvalue weighted by Crippen LogP contribution is -2.52. The third kappa shape index (κ3) is 4.54. The highest BCUT2D eigenvalue weighted by Crippen LogP contribution is 2.37. The van der Waals surface area contributed by atoms with Crippen LogP contribution in [0.25, 0.3) is 0 Å². The number of carbonyl (C=O) groups excluding carboxylic acids is 2. The molecule has 0 radical (unpaired) electrons. The minimum absolute atomic E-state index is 0.0557. The number of rotatable bonds is 6. The third-order valence-electron chi connectivity index (χ3n) is 6.06. The zero-order valence-corrected chi connectivity index (χ0v) is 18.0. The molecule has 0 bridgehead atoms. The summed E-state index contributed by atoms with van der Waals surface area (Å²) in [6, 6.07) is 5.11. The Balaban J connectivity index is 1.82. The molecule has 8 heteroatoms. The number of amides is 2. The maximum absolute atomic E-state index is 13.5. The van der Waals surface area contributed by atoms with Crippen molar-refractivity contribution < 1.29 is 28.9 Å². The lowest BCUT2D eigenvalue weighted by atomic mass is 9.91. The number of likely N-dealkylation sites (tertiary alicyclic amines) is 1. The maximum Gasteiger partial charge on any atom is 0.226 e. The van der Waals surface area contributed by atoms with Gasteiger partial charge in [-0.2, -0.15) is 0 Å². The van der Waals surface area contributed by atoms with E-state index in [1.54, 1.807) is 20.3 Å². The first-order chi connectivity index (χ1) is 14.5. The average Bonchev–Trinajstić information content (AvgIpc) is 2.82. The van der Waals surface area contributed by atoms with E-state index >= 15 is 0 Å². The van der Waals surface area contributed by atoms with Gasteiger partial charge in [0.15, 0.2) is 11.5 Å². The SMILES string of the molecule is CCC(=O)N1CCC(C(=O)N2CCOC(CO)C2c2ccc(OC)c(OC)c2)CC1. The molecule has 0 aliphatic carbocycles. The Bertz CT molecular complexity index is 747. The van der Waals surface area contributed by atoms with Crippen molar-refractivity contribution >= 4 is 11.8 Å². The fourth-order valence-corrected chi connectivity index (χ4v) is 4.40. The molecule has 2 aliphatic heterocycles. The predicted octanol–water partition coefficient (Wildman–Crippen LogP) is 1.61. The van der Waals surface area contributed by atoms with Gasteiger partial charge in [-0.1, -0.05) is 13.0 Å². The molecular weight excluding hydrogens is 388 g/mol. The van der Waals surface area contributed by atoms with Gasteiger partial charge in [-0.05, 0) is 30.5 Å². The van der Waals surface area contributed by atoms with Gasteiger partial charge in [-0.15, -0.1) is 0 Å². The molecule has 1 N–H and O–H groups in total. The van der Waals surface area contributed by atoms with Crippen molar-refractivity contribution in [2.75, 3.05) is 47.1 Å². The lowest BCUT2D eigenvalue weighted by molar-refractivity contribution is -0.156. The van der Waals surface area contributed by atoms with Crippen LogP contribution in [0.3, 0.4) is 0 Å². The van der Waals surface area contributed by atoms with Crippen molar-refractivity contribution in [3.63, 3.8) is 0 Å². The zero-order chi connectivity index (χ0) is 21.7. The van der Waals surface area contributed by atoms with Crippen LogP contribution in [0.2, 0.25) is 0 Å². The van der Waals surface area contributed by atoms with Gasteiger partial charge in [0, 0.05) is 32.0 Å². The van der Waals surface area contributed by atoms with Crippen molar-refractivity contribution in [3.05, 3.63) is 23.8 Å².